The predicted molar refractivity (Wildman–Crippen MR) is 38.1 cm³/mol. The van der Waals surface area contributed by atoms with Crippen LogP contribution in [0.1, 0.15) is 4.88 Å². The number of aromatic nitrogens is 1. The van der Waals surface area contributed by atoms with Crippen LogP contribution in [0.4, 0.5) is 13.9 Å². The van der Waals surface area contributed by atoms with Gasteiger partial charge in [-0.1, -0.05) is 11.3 Å². The maximum atomic E-state index is 12.6. The molecule has 12 heavy (non-hydrogen) atoms. The van der Waals surface area contributed by atoms with Crippen LogP contribution in [-0.2, 0) is 10.7 Å². The molecule has 0 spiro atoms. The molecular weight excluding hydrogens is 190 g/mol. The second kappa shape index (κ2) is 2.67. The van der Waals surface area contributed by atoms with E-state index in [1.807, 2.05) is 0 Å². The predicted octanol–water partition coefficient (Wildman–Crippen LogP) is 0.902. The first-order valence-electron chi connectivity index (χ1n) is 2.77. The minimum absolute atomic E-state index is 0.0778. The Morgan fingerprint density at radius 1 is 1.75 bits per heavy atom. The number of thiazole rings is 1. The fourth-order valence-corrected chi connectivity index (χ4v) is 1.19. The van der Waals surface area contributed by atoms with E-state index < -0.39 is 16.8 Å². The normalized spacial score (nSPS) is 11.5. The summed E-state index contributed by atoms with van der Waals surface area (Å²) in [4.78, 5) is 12.7. The lowest BCUT2D eigenvalue weighted by molar-refractivity contribution is -0.165. The lowest BCUT2D eigenvalue weighted by Crippen LogP contribution is -2.23. The number of rotatable bonds is 2. The molecule has 3 N–H and O–H groups in total. The van der Waals surface area contributed by atoms with Crippen molar-refractivity contribution in [3.63, 3.8) is 0 Å². The number of carboxylic acids is 1. The molecule has 0 amide bonds. The third-order valence-corrected chi connectivity index (χ3v) is 2.00. The molecule has 1 heterocycles. The SMILES string of the molecule is Nc1ncc(C(F)(F)C(=O)O)s1. The molecule has 0 aliphatic rings. The quantitative estimate of drug-likeness (QED) is 0.733. The Balaban J connectivity index is 3.05. The number of halogens is 2. The largest absolute Gasteiger partial charge is 0.477 e. The molecule has 4 nitrogen and oxygen atoms in total. The second-order valence-electron chi connectivity index (χ2n) is 1.94. The van der Waals surface area contributed by atoms with Crippen LogP contribution in [-0.4, -0.2) is 16.1 Å². The van der Waals surface area contributed by atoms with Gasteiger partial charge in [-0.05, 0) is 0 Å². The molecule has 0 fully saturated rings. The van der Waals surface area contributed by atoms with Gasteiger partial charge in [0, 0.05) is 0 Å². The van der Waals surface area contributed by atoms with Crippen molar-refractivity contribution in [3.05, 3.63) is 11.1 Å². The third kappa shape index (κ3) is 1.35. The van der Waals surface area contributed by atoms with E-state index in [2.05, 4.69) is 4.98 Å². The van der Waals surface area contributed by atoms with Gasteiger partial charge in [0.2, 0.25) is 0 Å². The van der Waals surface area contributed by atoms with Crippen LogP contribution in [0.2, 0.25) is 0 Å². The monoisotopic (exact) mass is 194 g/mol. The fourth-order valence-electron chi connectivity index (χ4n) is 0.538. The van der Waals surface area contributed by atoms with Gasteiger partial charge in [0.25, 0.3) is 0 Å². The fraction of sp³-hybridized carbons (Fsp3) is 0.200. The summed E-state index contributed by atoms with van der Waals surface area (Å²) in [7, 11) is 0. The van der Waals surface area contributed by atoms with Crippen LogP contribution >= 0.6 is 11.3 Å². The highest BCUT2D eigenvalue weighted by molar-refractivity contribution is 7.15. The van der Waals surface area contributed by atoms with Crippen molar-refractivity contribution in [1.82, 2.24) is 4.98 Å². The number of alkyl halides is 2. The maximum Gasteiger partial charge on any atom is 0.380 e. The van der Waals surface area contributed by atoms with E-state index in [4.69, 9.17) is 10.8 Å². The van der Waals surface area contributed by atoms with Crippen molar-refractivity contribution in [3.8, 4) is 0 Å². The molecule has 0 radical (unpaired) electrons. The molecule has 1 aromatic heterocycles. The van der Waals surface area contributed by atoms with Gasteiger partial charge < -0.3 is 10.8 Å². The van der Waals surface area contributed by atoms with E-state index in [0.29, 0.717) is 11.3 Å². The van der Waals surface area contributed by atoms with E-state index >= 15 is 0 Å². The lowest BCUT2D eigenvalue weighted by Gasteiger charge is -2.06. The van der Waals surface area contributed by atoms with Gasteiger partial charge in [-0.15, -0.1) is 0 Å². The number of anilines is 1. The molecule has 0 aromatic carbocycles. The molecule has 1 aromatic rings. The zero-order valence-corrected chi connectivity index (χ0v) is 6.44. The van der Waals surface area contributed by atoms with Crippen LogP contribution < -0.4 is 5.73 Å². The Bertz CT molecular complexity index is 312. The van der Waals surface area contributed by atoms with Crippen molar-refractivity contribution in [2.24, 2.45) is 0 Å². The number of aliphatic carboxylic acids is 1. The molecular formula is C5H4F2N2O2S. The Morgan fingerprint density at radius 2 is 2.33 bits per heavy atom. The molecule has 7 heteroatoms. The topological polar surface area (TPSA) is 76.2 Å². The molecule has 0 saturated carbocycles. The van der Waals surface area contributed by atoms with Crippen LogP contribution in [0.5, 0.6) is 0 Å². The Kier molecular flexibility index (Phi) is 1.97. The van der Waals surface area contributed by atoms with E-state index in [0.717, 1.165) is 6.20 Å². The first kappa shape index (κ1) is 8.85. The summed E-state index contributed by atoms with van der Waals surface area (Å²) in [5, 5.41) is 8.01. The molecule has 0 aliphatic carbocycles. The number of hydrogen-bond donors (Lipinski definition) is 2. The van der Waals surface area contributed by atoms with Gasteiger partial charge >= 0.3 is 11.9 Å². The Labute approximate surface area is 69.6 Å². The summed E-state index contributed by atoms with van der Waals surface area (Å²) >= 11 is 0.459. The van der Waals surface area contributed by atoms with Gasteiger partial charge in [0.05, 0.1) is 6.20 Å². The smallest absolute Gasteiger partial charge is 0.380 e. The van der Waals surface area contributed by atoms with Crippen molar-refractivity contribution >= 4 is 22.4 Å². The van der Waals surface area contributed by atoms with Crippen molar-refractivity contribution in [1.29, 1.82) is 0 Å². The molecule has 0 aliphatic heterocycles. The summed E-state index contributed by atoms with van der Waals surface area (Å²) in [5.41, 5.74) is 5.06. The highest BCUT2D eigenvalue weighted by Gasteiger charge is 2.42. The number of nitrogens with two attached hydrogens (primary N) is 1. The van der Waals surface area contributed by atoms with E-state index in [9.17, 15) is 13.6 Å². The first-order valence-corrected chi connectivity index (χ1v) is 3.59. The average molecular weight is 194 g/mol. The highest BCUT2D eigenvalue weighted by Crippen LogP contribution is 2.33. The zero-order valence-electron chi connectivity index (χ0n) is 5.62. The number of nitrogens with zero attached hydrogens (tertiary/aromatic N) is 1. The summed E-state index contributed by atoms with van der Waals surface area (Å²) in [6.45, 7) is 0. The van der Waals surface area contributed by atoms with Gasteiger partial charge in [-0.25, -0.2) is 9.78 Å². The van der Waals surface area contributed by atoms with Crippen molar-refractivity contribution in [2.45, 2.75) is 5.92 Å². The minimum atomic E-state index is -3.89. The molecule has 1 rings (SSSR count). The molecule has 0 bridgehead atoms. The number of carboxylic acid groups (broad SMARTS) is 1. The molecule has 0 atom stereocenters. The van der Waals surface area contributed by atoms with E-state index in [-0.39, 0.29) is 5.13 Å². The minimum Gasteiger partial charge on any atom is -0.477 e. The highest BCUT2D eigenvalue weighted by atomic mass is 32.1. The first-order chi connectivity index (χ1) is 5.44. The Morgan fingerprint density at radius 3 is 2.67 bits per heavy atom. The van der Waals surface area contributed by atoms with Gasteiger partial charge in [-0.3, -0.25) is 0 Å². The van der Waals surface area contributed by atoms with E-state index in [1.165, 1.54) is 0 Å². The van der Waals surface area contributed by atoms with Gasteiger partial charge in [-0.2, -0.15) is 8.78 Å². The zero-order chi connectivity index (χ0) is 9.35. The number of hydrogen-bond acceptors (Lipinski definition) is 4. The summed E-state index contributed by atoms with van der Waals surface area (Å²) in [6, 6.07) is 0. The summed E-state index contributed by atoms with van der Waals surface area (Å²) in [6.07, 6.45) is 0.758. The van der Waals surface area contributed by atoms with Crippen LogP contribution in [0.3, 0.4) is 0 Å². The summed E-state index contributed by atoms with van der Waals surface area (Å²) in [5.74, 6) is -6.10. The van der Waals surface area contributed by atoms with Crippen LogP contribution in [0.25, 0.3) is 0 Å². The van der Waals surface area contributed by atoms with Crippen molar-refractivity contribution in [2.75, 3.05) is 5.73 Å². The van der Waals surface area contributed by atoms with Crippen LogP contribution in [0, 0.1) is 0 Å². The lowest BCUT2D eigenvalue weighted by atomic mass is 10.3. The second-order valence-corrected chi connectivity index (χ2v) is 3.00. The van der Waals surface area contributed by atoms with Gasteiger partial charge in [0.1, 0.15) is 4.88 Å². The molecule has 0 saturated heterocycles. The third-order valence-electron chi connectivity index (χ3n) is 1.10. The van der Waals surface area contributed by atoms with E-state index in [1.54, 1.807) is 0 Å². The Hall–Kier alpha value is -1.24. The molecule has 0 unspecified atom stereocenters. The standard InChI is InChI=1S/C5H4F2N2O2S/c6-5(7,3(10)11)2-1-9-4(8)12-2/h1H,(H2,8,9)(H,10,11). The summed E-state index contributed by atoms with van der Waals surface area (Å²) < 4.78 is 25.2. The maximum absolute atomic E-state index is 12.6. The van der Waals surface area contributed by atoms with Gasteiger partial charge in [0.15, 0.2) is 5.13 Å². The molecule has 66 valence electrons. The average Bonchev–Trinajstić information content (AvgIpc) is 2.35. The van der Waals surface area contributed by atoms with Crippen LogP contribution in [0.15, 0.2) is 6.20 Å². The number of nitrogen functional groups attached to an aromatic ring is 1. The number of carbonyl (C=O) groups is 1. The van der Waals surface area contributed by atoms with Crippen molar-refractivity contribution < 1.29 is 18.7 Å².